The van der Waals surface area contributed by atoms with E-state index in [0.717, 1.165) is 26.3 Å². The topological polar surface area (TPSA) is 38.5 Å². The number of ether oxygens (including phenoxy) is 1. The van der Waals surface area contributed by atoms with Gasteiger partial charge < -0.3 is 10.5 Å². The molecule has 1 aromatic heterocycles. The Kier molecular flexibility index (Phi) is 3.53. The second-order valence-corrected chi connectivity index (χ2v) is 4.35. The maximum atomic E-state index is 5.70. The van der Waals surface area contributed by atoms with Crippen molar-refractivity contribution in [3.05, 3.63) is 22.4 Å². The predicted octanol–water partition coefficient (Wildman–Crippen LogP) is 0.908. The van der Waals surface area contributed by atoms with E-state index in [-0.39, 0.29) is 0 Å². The number of hydrogen-bond acceptors (Lipinski definition) is 4. The summed E-state index contributed by atoms with van der Waals surface area (Å²) in [6.45, 7) is 4.30. The van der Waals surface area contributed by atoms with E-state index >= 15 is 0 Å². The fraction of sp³-hybridized carbons (Fsp3) is 0.600. The first-order valence-corrected chi connectivity index (χ1v) is 5.87. The molecule has 78 valence electrons. The van der Waals surface area contributed by atoms with Crippen molar-refractivity contribution in [2.75, 3.05) is 26.3 Å². The summed E-state index contributed by atoms with van der Waals surface area (Å²) in [6.07, 6.45) is 0. The highest BCUT2D eigenvalue weighted by Crippen LogP contribution is 2.13. The number of morpholine rings is 1. The molecule has 4 heteroatoms. The summed E-state index contributed by atoms with van der Waals surface area (Å²) in [5.74, 6) is 0. The molecule has 14 heavy (non-hydrogen) atoms. The highest BCUT2D eigenvalue weighted by molar-refractivity contribution is 7.07. The minimum atomic E-state index is 0.392. The summed E-state index contributed by atoms with van der Waals surface area (Å²) in [5, 5.41) is 4.32. The van der Waals surface area contributed by atoms with E-state index in [4.69, 9.17) is 10.5 Å². The first-order chi connectivity index (χ1) is 6.90. The standard InChI is InChI=1S/C10H16N2OS/c11-5-10-7-13-3-2-12(10)6-9-1-4-14-8-9/h1,4,8,10H,2-3,5-7,11H2. The SMILES string of the molecule is NCC1COCCN1Cc1ccsc1. The zero-order chi connectivity index (χ0) is 9.80. The molecule has 1 fully saturated rings. The molecule has 2 heterocycles. The summed E-state index contributed by atoms with van der Waals surface area (Å²) in [4.78, 5) is 2.41. The van der Waals surface area contributed by atoms with Crippen molar-refractivity contribution in [3.63, 3.8) is 0 Å². The molecule has 1 atom stereocenters. The summed E-state index contributed by atoms with van der Waals surface area (Å²) in [5.41, 5.74) is 7.09. The maximum Gasteiger partial charge on any atom is 0.0634 e. The van der Waals surface area contributed by atoms with Crippen molar-refractivity contribution in [2.24, 2.45) is 5.73 Å². The van der Waals surface area contributed by atoms with Gasteiger partial charge in [0.05, 0.1) is 13.2 Å². The average Bonchev–Trinajstić information content (AvgIpc) is 2.71. The van der Waals surface area contributed by atoms with E-state index in [0.29, 0.717) is 12.6 Å². The average molecular weight is 212 g/mol. The van der Waals surface area contributed by atoms with Gasteiger partial charge in [0.1, 0.15) is 0 Å². The Hall–Kier alpha value is -0.420. The van der Waals surface area contributed by atoms with Crippen LogP contribution in [0.2, 0.25) is 0 Å². The molecule has 0 spiro atoms. The summed E-state index contributed by atoms with van der Waals surface area (Å²) < 4.78 is 5.40. The second-order valence-electron chi connectivity index (χ2n) is 3.57. The van der Waals surface area contributed by atoms with E-state index in [9.17, 15) is 0 Å². The van der Waals surface area contributed by atoms with Crippen LogP contribution < -0.4 is 5.73 Å². The molecule has 0 bridgehead atoms. The Morgan fingerprint density at radius 1 is 1.64 bits per heavy atom. The molecule has 1 saturated heterocycles. The summed E-state index contributed by atoms with van der Waals surface area (Å²) in [7, 11) is 0. The lowest BCUT2D eigenvalue weighted by Crippen LogP contribution is -2.48. The lowest BCUT2D eigenvalue weighted by molar-refractivity contribution is -0.00787. The van der Waals surface area contributed by atoms with Gasteiger partial charge >= 0.3 is 0 Å². The Bertz CT molecular complexity index is 263. The van der Waals surface area contributed by atoms with Crippen LogP contribution >= 0.6 is 11.3 Å². The molecule has 0 aliphatic carbocycles. The van der Waals surface area contributed by atoms with Gasteiger partial charge in [-0.2, -0.15) is 11.3 Å². The van der Waals surface area contributed by atoms with E-state index < -0.39 is 0 Å². The Morgan fingerprint density at radius 3 is 3.29 bits per heavy atom. The lowest BCUT2D eigenvalue weighted by atomic mass is 10.2. The zero-order valence-electron chi connectivity index (χ0n) is 8.19. The number of hydrogen-bond donors (Lipinski definition) is 1. The van der Waals surface area contributed by atoms with Crippen LogP contribution in [0.25, 0.3) is 0 Å². The maximum absolute atomic E-state index is 5.70. The van der Waals surface area contributed by atoms with Gasteiger partial charge in [-0.3, -0.25) is 4.90 Å². The van der Waals surface area contributed by atoms with Gasteiger partial charge in [0.2, 0.25) is 0 Å². The Balaban J connectivity index is 1.94. The lowest BCUT2D eigenvalue weighted by Gasteiger charge is -2.34. The van der Waals surface area contributed by atoms with Gasteiger partial charge in [0.25, 0.3) is 0 Å². The number of rotatable bonds is 3. The molecule has 0 radical (unpaired) electrons. The number of nitrogens with two attached hydrogens (primary N) is 1. The smallest absolute Gasteiger partial charge is 0.0634 e. The molecule has 3 nitrogen and oxygen atoms in total. The molecular weight excluding hydrogens is 196 g/mol. The predicted molar refractivity (Wildman–Crippen MR) is 58.4 cm³/mol. The molecule has 1 aliphatic heterocycles. The largest absolute Gasteiger partial charge is 0.378 e. The molecule has 1 unspecified atom stereocenters. The van der Waals surface area contributed by atoms with E-state index in [1.165, 1.54) is 5.56 Å². The number of nitrogens with zero attached hydrogens (tertiary/aromatic N) is 1. The molecule has 2 rings (SSSR count). The highest BCUT2D eigenvalue weighted by Gasteiger charge is 2.21. The van der Waals surface area contributed by atoms with Crippen molar-refractivity contribution in [3.8, 4) is 0 Å². The van der Waals surface area contributed by atoms with Gasteiger partial charge in [-0.05, 0) is 22.4 Å². The van der Waals surface area contributed by atoms with Crippen LogP contribution in [0.3, 0.4) is 0 Å². The fourth-order valence-corrected chi connectivity index (χ4v) is 2.39. The number of thiophene rings is 1. The molecule has 0 amide bonds. The van der Waals surface area contributed by atoms with Crippen LogP contribution in [0.15, 0.2) is 16.8 Å². The molecule has 0 aromatic carbocycles. The molecule has 0 saturated carbocycles. The molecule has 1 aromatic rings. The fourth-order valence-electron chi connectivity index (χ4n) is 1.73. The van der Waals surface area contributed by atoms with E-state index in [1.807, 2.05) is 0 Å². The first-order valence-electron chi connectivity index (χ1n) is 4.93. The third kappa shape index (κ3) is 2.33. The quantitative estimate of drug-likeness (QED) is 0.809. The Morgan fingerprint density at radius 2 is 2.57 bits per heavy atom. The van der Waals surface area contributed by atoms with Crippen molar-refractivity contribution in [2.45, 2.75) is 12.6 Å². The van der Waals surface area contributed by atoms with Gasteiger partial charge in [-0.15, -0.1) is 0 Å². The van der Waals surface area contributed by atoms with Gasteiger partial charge in [0.15, 0.2) is 0 Å². The van der Waals surface area contributed by atoms with Crippen molar-refractivity contribution in [1.82, 2.24) is 4.90 Å². The molecule has 1 aliphatic rings. The minimum absolute atomic E-state index is 0.392. The molecular formula is C10H16N2OS. The zero-order valence-corrected chi connectivity index (χ0v) is 9.00. The van der Waals surface area contributed by atoms with Gasteiger partial charge in [-0.1, -0.05) is 0 Å². The minimum Gasteiger partial charge on any atom is -0.378 e. The van der Waals surface area contributed by atoms with Gasteiger partial charge in [-0.25, -0.2) is 0 Å². The Labute approximate surface area is 88.5 Å². The van der Waals surface area contributed by atoms with Crippen LogP contribution in [-0.4, -0.2) is 37.2 Å². The van der Waals surface area contributed by atoms with Crippen LogP contribution in [0.5, 0.6) is 0 Å². The summed E-state index contributed by atoms with van der Waals surface area (Å²) >= 11 is 1.75. The second kappa shape index (κ2) is 4.89. The van der Waals surface area contributed by atoms with E-state index in [2.05, 4.69) is 21.7 Å². The molecule has 2 N–H and O–H groups in total. The van der Waals surface area contributed by atoms with Crippen molar-refractivity contribution in [1.29, 1.82) is 0 Å². The summed E-state index contributed by atoms with van der Waals surface area (Å²) in [6, 6.07) is 2.57. The van der Waals surface area contributed by atoms with Crippen LogP contribution in [0.1, 0.15) is 5.56 Å². The highest BCUT2D eigenvalue weighted by atomic mass is 32.1. The third-order valence-corrected chi connectivity index (χ3v) is 3.32. The monoisotopic (exact) mass is 212 g/mol. The normalized spacial score (nSPS) is 23.9. The van der Waals surface area contributed by atoms with E-state index in [1.54, 1.807) is 11.3 Å². The van der Waals surface area contributed by atoms with Crippen LogP contribution in [0, 0.1) is 0 Å². The van der Waals surface area contributed by atoms with Crippen LogP contribution in [0.4, 0.5) is 0 Å². The van der Waals surface area contributed by atoms with Crippen molar-refractivity contribution < 1.29 is 4.74 Å². The third-order valence-electron chi connectivity index (χ3n) is 2.59. The first kappa shape index (κ1) is 10.1. The van der Waals surface area contributed by atoms with Crippen molar-refractivity contribution >= 4 is 11.3 Å². The van der Waals surface area contributed by atoms with Crippen LogP contribution in [-0.2, 0) is 11.3 Å². The van der Waals surface area contributed by atoms with Gasteiger partial charge in [0, 0.05) is 25.7 Å².